The van der Waals surface area contributed by atoms with Gasteiger partial charge in [-0.3, -0.25) is 4.79 Å². The van der Waals surface area contributed by atoms with Crippen molar-refractivity contribution in [1.82, 2.24) is 4.98 Å². The Morgan fingerprint density at radius 2 is 1.96 bits per heavy atom. The van der Waals surface area contributed by atoms with Gasteiger partial charge in [-0.2, -0.15) is 0 Å². The van der Waals surface area contributed by atoms with E-state index in [0.29, 0.717) is 35.6 Å². The first-order chi connectivity index (χ1) is 11.7. The topological polar surface area (TPSA) is 73.6 Å². The van der Waals surface area contributed by atoms with Gasteiger partial charge < -0.3 is 19.2 Å². The second-order valence-electron chi connectivity index (χ2n) is 5.27. The molecule has 0 atom stereocenters. The molecule has 6 nitrogen and oxygen atoms in total. The van der Waals surface area contributed by atoms with Gasteiger partial charge >= 0.3 is 0 Å². The van der Waals surface area contributed by atoms with Gasteiger partial charge in [0, 0.05) is 18.2 Å². The van der Waals surface area contributed by atoms with Crippen molar-refractivity contribution >= 4 is 22.7 Å². The minimum Gasteiger partial charge on any atom is -0.493 e. The van der Waals surface area contributed by atoms with Crippen LogP contribution in [0.1, 0.15) is 12.0 Å². The van der Waals surface area contributed by atoms with E-state index in [4.69, 9.17) is 13.9 Å². The molecule has 0 unspecified atom stereocenters. The highest BCUT2D eigenvalue weighted by Gasteiger charge is 2.08. The average molecular weight is 326 g/mol. The molecule has 0 fully saturated rings. The third-order valence-corrected chi connectivity index (χ3v) is 3.70. The van der Waals surface area contributed by atoms with Crippen molar-refractivity contribution in [3.63, 3.8) is 0 Å². The number of hydrogen-bond acceptors (Lipinski definition) is 5. The van der Waals surface area contributed by atoms with Crippen molar-refractivity contribution < 1.29 is 18.7 Å². The number of ether oxygens (including phenoxy) is 2. The number of carbonyl (C=O) groups excluding carboxylic acids is 1. The Morgan fingerprint density at radius 1 is 1.12 bits per heavy atom. The zero-order valence-corrected chi connectivity index (χ0v) is 13.5. The number of fused-ring (bicyclic) bond motifs is 1. The van der Waals surface area contributed by atoms with Crippen LogP contribution in [-0.4, -0.2) is 25.1 Å². The van der Waals surface area contributed by atoms with Crippen LogP contribution in [0.5, 0.6) is 11.5 Å². The van der Waals surface area contributed by atoms with Crippen LogP contribution in [0.4, 0.5) is 5.69 Å². The third-order valence-electron chi connectivity index (χ3n) is 3.70. The van der Waals surface area contributed by atoms with Crippen molar-refractivity contribution in [3.05, 3.63) is 48.4 Å². The van der Waals surface area contributed by atoms with E-state index in [0.717, 1.165) is 11.1 Å². The summed E-state index contributed by atoms with van der Waals surface area (Å²) in [5.41, 5.74) is 3.11. The molecule has 0 aliphatic carbocycles. The van der Waals surface area contributed by atoms with Gasteiger partial charge in [0.2, 0.25) is 5.91 Å². The summed E-state index contributed by atoms with van der Waals surface area (Å²) in [4.78, 5) is 16.2. The molecular formula is C18H18N2O4. The summed E-state index contributed by atoms with van der Waals surface area (Å²) in [6.07, 6.45) is 2.36. The number of aromatic nitrogens is 1. The summed E-state index contributed by atoms with van der Waals surface area (Å²) in [5, 5.41) is 2.86. The number of nitrogens with zero attached hydrogens (tertiary/aromatic N) is 1. The second kappa shape index (κ2) is 7.04. The van der Waals surface area contributed by atoms with Crippen LogP contribution in [0.2, 0.25) is 0 Å². The molecule has 0 aliphatic rings. The van der Waals surface area contributed by atoms with Crippen LogP contribution in [0.25, 0.3) is 11.1 Å². The number of benzene rings is 2. The number of rotatable bonds is 6. The molecule has 0 saturated carbocycles. The number of hydrogen-bond donors (Lipinski definition) is 1. The average Bonchev–Trinajstić information content (AvgIpc) is 3.07. The highest BCUT2D eigenvalue weighted by Crippen LogP contribution is 2.28. The molecular weight excluding hydrogens is 308 g/mol. The molecule has 6 heteroatoms. The molecule has 1 amide bonds. The Bertz CT molecular complexity index is 857. The van der Waals surface area contributed by atoms with Crippen LogP contribution >= 0.6 is 0 Å². The van der Waals surface area contributed by atoms with E-state index >= 15 is 0 Å². The van der Waals surface area contributed by atoms with Crippen molar-refractivity contribution in [1.29, 1.82) is 0 Å². The van der Waals surface area contributed by atoms with Crippen LogP contribution in [0, 0.1) is 0 Å². The number of amides is 1. The molecule has 1 aromatic heterocycles. The molecule has 3 rings (SSSR count). The fraction of sp³-hybridized carbons (Fsp3) is 0.222. The van der Waals surface area contributed by atoms with Gasteiger partial charge in [-0.25, -0.2) is 4.98 Å². The van der Waals surface area contributed by atoms with Gasteiger partial charge in [0.15, 0.2) is 23.5 Å². The van der Waals surface area contributed by atoms with Gasteiger partial charge in [0.25, 0.3) is 0 Å². The Balaban J connectivity index is 1.60. The molecule has 0 saturated heterocycles. The number of anilines is 1. The second-order valence-corrected chi connectivity index (χ2v) is 5.27. The number of oxazole rings is 1. The lowest BCUT2D eigenvalue weighted by atomic mass is 10.1. The lowest BCUT2D eigenvalue weighted by Crippen LogP contribution is -2.12. The Morgan fingerprint density at radius 3 is 2.75 bits per heavy atom. The maximum atomic E-state index is 12.1. The maximum Gasteiger partial charge on any atom is 0.224 e. The zero-order valence-electron chi connectivity index (χ0n) is 13.5. The number of nitrogens with one attached hydrogen (secondary N) is 1. The van der Waals surface area contributed by atoms with Gasteiger partial charge in [0.05, 0.1) is 14.2 Å². The quantitative estimate of drug-likeness (QED) is 0.751. The Labute approximate surface area is 139 Å². The fourth-order valence-corrected chi connectivity index (χ4v) is 2.45. The normalized spacial score (nSPS) is 10.6. The largest absolute Gasteiger partial charge is 0.493 e. The molecule has 0 aliphatic heterocycles. The highest BCUT2D eigenvalue weighted by molar-refractivity contribution is 5.92. The smallest absolute Gasteiger partial charge is 0.224 e. The summed E-state index contributed by atoms with van der Waals surface area (Å²) in [5.74, 6) is 1.26. The molecule has 124 valence electrons. The zero-order chi connectivity index (χ0) is 16.9. The number of carbonyl (C=O) groups is 1. The minimum absolute atomic E-state index is 0.0661. The van der Waals surface area contributed by atoms with Gasteiger partial charge in [-0.15, -0.1) is 0 Å². The predicted molar refractivity (Wildman–Crippen MR) is 90.5 cm³/mol. The van der Waals surface area contributed by atoms with Gasteiger partial charge in [-0.05, 0) is 36.2 Å². The summed E-state index contributed by atoms with van der Waals surface area (Å²) >= 11 is 0. The summed E-state index contributed by atoms with van der Waals surface area (Å²) in [6.45, 7) is 0. The molecule has 1 heterocycles. The minimum atomic E-state index is -0.0661. The van der Waals surface area contributed by atoms with E-state index in [9.17, 15) is 4.79 Å². The molecule has 1 N–H and O–H groups in total. The first-order valence-corrected chi connectivity index (χ1v) is 7.53. The van der Waals surface area contributed by atoms with Crippen molar-refractivity contribution in [2.45, 2.75) is 12.8 Å². The summed E-state index contributed by atoms with van der Waals surface area (Å²) in [6, 6.07) is 11.0. The van der Waals surface area contributed by atoms with Crippen molar-refractivity contribution in [2.75, 3.05) is 19.5 Å². The molecule has 24 heavy (non-hydrogen) atoms. The molecule has 0 spiro atoms. The molecule has 2 aromatic carbocycles. The van der Waals surface area contributed by atoms with Crippen LogP contribution < -0.4 is 14.8 Å². The molecule has 3 aromatic rings. The highest BCUT2D eigenvalue weighted by atomic mass is 16.5. The standard InChI is InChI=1S/C18H18N2O4/c1-22-15-7-3-12(9-17(15)23-2)4-8-18(21)20-13-5-6-14-16(10-13)24-11-19-14/h3,5-7,9-11H,4,8H2,1-2H3,(H,20,21). The molecule has 0 radical (unpaired) electrons. The van der Waals surface area contributed by atoms with Gasteiger partial charge in [0.1, 0.15) is 5.52 Å². The molecule has 0 bridgehead atoms. The van der Waals surface area contributed by atoms with Crippen LogP contribution in [-0.2, 0) is 11.2 Å². The van der Waals surface area contributed by atoms with Crippen LogP contribution in [0.15, 0.2) is 47.2 Å². The van der Waals surface area contributed by atoms with E-state index in [-0.39, 0.29) is 5.91 Å². The van der Waals surface area contributed by atoms with E-state index in [1.165, 1.54) is 6.39 Å². The maximum absolute atomic E-state index is 12.1. The van der Waals surface area contributed by atoms with E-state index < -0.39 is 0 Å². The van der Waals surface area contributed by atoms with E-state index in [1.807, 2.05) is 24.3 Å². The first-order valence-electron chi connectivity index (χ1n) is 7.53. The predicted octanol–water partition coefficient (Wildman–Crippen LogP) is 3.42. The SMILES string of the molecule is COc1ccc(CCC(=O)Nc2ccc3ncoc3c2)cc1OC. The van der Waals surface area contributed by atoms with E-state index in [1.54, 1.807) is 26.4 Å². The summed E-state index contributed by atoms with van der Waals surface area (Å²) < 4.78 is 15.7. The fourth-order valence-electron chi connectivity index (χ4n) is 2.45. The third kappa shape index (κ3) is 3.48. The van der Waals surface area contributed by atoms with Crippen LogP contribution in [0.3, 0.4) is 0 Å². The first kappa shape index (κ1) is 15.9. The Kier molecular flexibility index (Phi) is 4.65. The van der Waals surface area contributed by atoms with Crippen molar-refractivity contribution in [3.8, 4) is 11.5 Å². The lowest BCUT2D eigenvalue weighted by Gasteiger charge is -2.09. The van der Waals surface area contributed by atoms with E-state index in [2.05, 4.69) is 10.3 Å². The Hall–Kier alpha value is -3.02. The lowest BCUT2D eigenvalue weighted by molar-refractivity contribution is -0.116. The number of aryl methyl sites for hydroxylation is 1. The number of methoxy groups -OCH3 is 2. The summed E-state index contributed by atoms with van der Waals surface area (Å²) in [7, 11) is 3.18. The van der Waals surface area contributed by atoms with Crippen molar-refractivity contribution in [2.24, 2.45) is 0 Å². The van der Waals surface area contributed by atoms with Gasteiger partial charge in [-0.1, -0.05) is 6.07 Å². The monoisotopic (exact) mass is 326 g/mol.